The Labute approximate surface area is 123 Å². The third-order valence-corrected chi connectivity index (χ3v) is 4.03. The van der Waals surface area contributed by atoms with Crippen LogP contribution in [0.25, 0.3) is 10.9 Å². The molecule has 1 atom stereocenters. The van der Waals surface area contributed by atoms with E-state index in [2.05, 4.69) is 4.98 Å². The summed E-state index contributed by atoms with van der Waals surface area (Å²) in [4.78, 5) is 18.8. The number of hydrogen-bond donors (Lipinski definition) is 2. The number of pyridine rings is 1. The number of anilines is 1. The predicted octanol–water partition coefficient (Wildman–Crippen LogP) is 1.66. The molecule has 0 saturated carbocycles. The van der Waals surface area contributed by atoms with E-state index in [1.807, 2.05) is 24.3 Å². The molecule has 0 spiro atoms. The van der Waals surface area contributed by atoms with Crippen molar-refractivity contribution < 1.29 is 9.90 Å². The zero-order valence-corrected chi connectivity index (χ0v) is 11.8. The lowest BCUT2D eigenvalue weighted by Crippen LogP contribution is -2.41. The van der Waals surface area contributed by atoms with Gasteiger partial charge in [-0.15, -0.1) is 0 Å². The molecule has 1 aromatic carbocycles. The summed E-state index contributed by atoms with van der Waals surface area (Å²) in [6, 6.07) is 9.18. The highest BCUT2D eigenvalue weighted by atomic mass is 16.3. The van der Waals surface area contributed by atoms with Crippen LogP contribution in [0.4, 0.5) is 5.69 Å². The summed E-state index contributed by atoms with van der Waals surface area (Å²) in [6.07, 6.45) is 1.88. The lowest BCUT2D eigenvalue weighted by molar-refractivity contribution is 0.0615. The number of nitrogen functional groups attached to an aromatic ring is 1. The van der Waals surface area contributed by atoms with Crippen molar-refractivity contribution in [2.24, 2.45) is 5.92 Å². The molecule has 2 heterocycles. The van der Waals surface area contributed by atoms with Gasteiger partial charge >= 0.3 is 0 Å². The normalized spacial score (nSPS) is 18.9. The van der Waals surface area contributed by atoms with Gasteiger partial charge in [0.2, 0.25) is 0 Å². The summed E-state index contributed by atoms with van der Waals surface area (Å²) < 4.78 is 0. The quantitative estimate of drug-likeness (QED) is 0.879. The van der Waals surface area contributed by atoms with E-state index in [0.29, 0.717) is 24.5 Å². The van der Waals surface area contributed by atoms with Crippen LogP contribution < -0.4 is 5.73 Å². The Bertz CT molecular complexity index is 672. The maximum atomic E-state index is 12.6. The van der Waals surface area contributed by atoms with Crippen LogP contribution in [0.2, 0.25) is 0 Å². The number of likely N-dealkylation sites (tertiary alicyclic amines) is 1. The zero-order valence-electron chi connectivity index (χ0n) is 11.8. The first-order chi connectivity index (χ1) is 10.2. The van der Waals surface area contributed by atoms with Gasteiger partial charge in [0.15, 0.2) is 0 Å². The number of nitrogens with two attached hydrogens (primary N) is 1. The Hall–Kier alpha value is -2.14. The molecule has 21 heavy (non-hydrogen) atoms. The van der Waals surface area contributed by atoms with Crippen molar-refractivity contribution in [1.29, 1.82) is 0 Å². The van der Waals surface area contributed by atoms with Crippen LogP contribution in [0.5, 0.6) is 0 Å². The Morgan fingerprint density at radius 3 is 3.05 bits per heavy atom. The van der Waals surface area contributed by atoms with E-state index in [1.165, 1.54) is 0 Å². The summed E-state index contributed by atoms with van der Waals surface area (Å²) in [6.45, 7) is 1.42. The summed E-state index contributed by atoms with van der Waals surface area (Å²) in [5.74, 6) is 0.0612. The van der Waals surface area contributed by atoms with E-state index in [1.54, 1.807) is 11.0 Å². The number of carbonyl (C=O) groups excluding carboxylic acids is 1. The number of hydrogen-bond acceptors (Lipinski definition) is 4. The van der Waals surface area contributed by atoms with Crippen LogP contribution in [0.1, 0.15) is 23.3 Å². The van der Waals surface area contributed by atoms with E-state index < -0.39 is 0 Å². The van der Waals surface area contributed by atoms with Gasteiger partial charge < -0.3 is 15.7 Å². The standard InChI is InChI=1S/C16H19N3O2/c17-13-8-15(18-14-6-2-1-5-12(13)14)16(21)19-7-3-4-11(9-19)10-20/h1-2,5-6,8,11,20H,3-4,7,9-10H2,(H2,17,18). The molecule has 1 fully saturated rings. The summed E-state index contributed by atoms with van der Waals surface area (Å²) >= 11 is 0. The number of fused-ring (bicyclic) bond motifs is 1. The molecule has 5 heteroatoms. The number of carbonyl (C=O) groups is 1. The molecular weight excluding hydrogens is 266 g/mol. The van der Waals surface area contributed by atoms with Gasteiger partial charge in [-0.05, 0) is 30.9 Å². The van der Waals surface area contributed by atoms with E-state index in [9.17, 15) is 9.90 Å². The van der Waals surface area contributed by atoms with Gasteiger partial charge in [0, 0.05) is 30.8 Å². The molecular formula is C16H19N3O2. The first kappa shape index (κ1) is 13.8. The molecule has 0 aliphatic carbocycles. The van der Waals surface area contributed by atoms with Crippen LogP contribution in [0.15, 0.2) is 30.3 Å². The Morgan fingerprint density at radius 1 is 1.43 bits per heavy atom. The summed E-state index contributed by atoms with van der Waals surface area (Å²) in [5, 5.41) is 10.1. The SMILES string of the molecule is Nc1cc(C(=O)N2CCCC(CO)C2)nc2ccccc12. The molecule has 1 aromatic heterocycles. The van der Waals surface area contributed by atoms with Crippen molar-refractivity contribution in [3.8, 4) is 0 Å². The first-order valence-electron chi connectivity index (χ1n) is 7.24. The number of benzene rings is 1. The predicted molar refractivity (Wildman–Crippen MR) is 81.9 cm³/mol. The number of piperidine rings is 1. The number of aromatic nitrogens is 1. The van der Waals surface area contributed by atoms with Gasteiger partial charge in [-0.25, -0.2) is 4.98 Å². The van der Waals surface area contributed by atoms with Crippen molar-refractivity contribution in [1.82, 2.24) is 9.88 Å². The van der Waals surface area contributed by atoms with Crippen molar-refractivity contribution in [3.05, 3.63) is 36.0 Å². The molecule has 1 saturated heterocycles. The van der Waals surface area contributed by atoms with Crippen molar-refractivity contribution in [2.75, 3.05) is 25.4 Å². The highest BCUT2D eigenvalue weighted by Gasteiger charge is 2.25. The molecule has 1 amide bonds. The Kier molecular flexibility index (Phi) is 3.75. The molecule has 1 aliphatic heterocycles. The number of aliphatic hydroxyl groups excluding tert-OH is 1. The first-order valence-corrected chi connectivity index (χ1v) is 7.24. The molecule has 0 radical (unpaired) electrons. The second-order valence-corrected chi connectivity index (χ2v) is 5.56. The van der Waals surface area contributed by atoms with Gasteiger partial charge in [0.25, 0.3) is 5.91 Å². The van der Waals surface area contributed by atoms with Gasteiger partial charge in [0.05, 0.1) is 5.52 Å². The topological polar surface area (TPSA) is 79.5 Å². The minimum Gasteiger partial charge on any atom is -0.398 e. The molecule has 2 aromatic rings. The third kappa shape index (κ3) is 2.69. The number of aliphatic hydroxyl groups is 1. The fourth-order valence-electron chi connectivity index (χ4n) is 2.87. The van der Waals surface area contributed by atoms with Gasteiger partial charge in [-0.2, -0.15) is 0 Å². The van der Waals surface area contributed by atoms with E-state index in [4.69, 9.17) is 5.73 Å². The smallest absolute Gasteiger partial charge is 0.272 e. The minimum atomic E-state index is -0.106. The van der Waals surface area contributed by atoms with E-state index in [-0.39, 0.29) is 18.4 Å². The Balaban J connectivity index is 1.91. The molecule has 3 rings (SSSR count). The van der Waals surface area contributed by atoms with E-state index in [0.717, 1.165) is 23.7 Å². The summed E-state index contributed by atoms with van der Waals surface area (Å²) in [7, 11) is 0. The molecule has 0 bridgehead atoms. The molecule has 1 aliphatic rings. The molecule has 1 unspecified atom stereocenters. The number of amides is 1. The maximum Gasteiger partial charge on any atom is 0.272 e. The van der Waals surface area contributed by atoms with Crippen LogP contribution >= 0.6 is 0 Å². The zero-order chi connectivity index (χ0) is 14.8. The Morgan fingerprint density at radius 2 is 2.24 bits per heavy atom. The fraction of sp³-hybridized carbons (Fsp3) is 0.375. The highest BCUT2D eigenvalue weighted by molar-refractivity contribution is 5.99. The van der Waals surface area contributed by atoms with Gasteiger partial charge in [-0.1, -0.05) is 18.2 Å². The second-order valence-electron chi connectivity index (χ2n) is 5.56. The molecule has 3 N–H and O–H groups in total. The third-order valence-electron chi connectivity index (χ3n) is 4.03. The van der Waals surface area contributed by atoms with Crippen molar-refractivity contribution >= 4 is 22.5 Å². The highest BCUT2D eigenvalue weighted by Crippen LogP contribution is 2.22. The lowest BCUT2D eigenvalue weighted by Gasteiger charge is -2.31. The van der Waals surface area contributed by atoms with Gasteiger partial charge in [-0.3, -0.25) is 4.79 Å². The van der Waals surface area contributed by atoms with Crippen LogP contribution in [0.3, 0.4) is 0 Å². The van der Waals surface area contributed by atoms with Crippen LogP contribution in [-0.4, -0.2) is 40.6 Å². The number of nitrogens with zero attached hydrogens (tertiary/aromatic N) is 2. The minimum absolute atomic E-state index is 0.106. The van der Waals surface area contributed by atoms with Crippen LogP contribution in [-0.2, 0) is 0 Å². The van der Waals surface area contributed by atoms with Crippen LogP contribution in [0, 0.1) is 5.92 Å². The monoisotopic (exact) mass is 285 g/mol. The molecule has 110 valence electrons. The van der Waals surface area contributed by atoms with E-state index >= 15 is 0 Å². The average Bonchev–Trinajstić information content (AvgIpc) is 2.54. The fourth-order valence-corrected chi connectivity index (χ4v) is 2.87. The average molecular weight is 285 g/mol. The van der Waals surface area contributed by atoms with Gasteiger partial charge in [0.1, 0.15) is 5.69 Å². The van der Waals surface area contributed by atoms with Crippen molar-refractivity contribution in [2.45, 2.75) is 12.8 Å². The maximum absolute atomic E-state index is 12.6. The second kappa shape index (κ2) is 5.69. The lowest BCUT2D eigenvalue weighted by atomic mass is 9.98. The summed E-state index contributed by atoms with van der Waals surface area (Å²) in [5.41, 5.74) is 7.71. The molecule has 5 nitrogen and oxygen atoms in total. The number of para-hydroxylation sites is 1. The van der Waals surface area contributed by atoms with Crippen molar-refractivity contribution in [3.63, 3.8) is 0 Å². The largest absolute Gasteiger partial charge is 0.398 e. The number of rotatable bonds is 2.